The average Bonchev–Trinajstić information content (AvgIpc) is 2.21. The lowest BCUT2D eigenvalue weighted by molar-refractivity contribution is 0.0627. The van der Waals surface area contributed by atoms with Gasteiger partial charge in [-0.15, -0.1) is 0 Å². The molecule has 1 aromatic rings. The summed E-state index contributed by atoms with van der Waals surface area (Å²) in [5, 5.41) is 9.16. The van der Waals surface area contributed by atoms with Crippen molar-refractivity contribution >= 4 is 0 Å². The van der Waals surface area contributed by atoms with E-state index in [4.69, 9.17) is 9.84 Å². The van der Waals surface area contributed by atoms with E-state index in [0.717, 1.165) is 19.7 Å². The summed E-state index contributed by atoms with van der Waals surface area (Å²) in [6, 6.07) is 7.31. The van der Waals surface area contributed by atoms with Crippen molar-refractivity contribution in [3.05, 3.63) is 29.8 Å². The monoisotopic (exact) mass is 223 g/mol. The van der Waals surface area contributed by atoms with E-state index in [-0.39, 0.29) is 0 Å². The molecule has 0 saturated carbocycles. The molecule has 3 heteroatoms. The number of likely N-dealkylation sites (N-methyl/N-ethyl adjacent to an activating group) is 1. The van der Waals surface area contributed by atoms with Crippen LogP contribution in [-0.2, 0) is 11.3 Å². The molecular formula is C13H21NO2. The summed E-state index contributed by atoms with van der Waals surface area (Å²) in [6.07, 6.45) is 0.294. The van der Waals surface area contributed by atoms with Gasteiger partial charge in [-0.3, -0.25) is 4.90 Å². The fourth-order valence-electron chi connectivity index (χ4n) is 1.44. The lowest BCUT2D eigenvalue weighted by Crippen LogP contribution is -2.23. The Morgan fingerprint density at radius 3 is 2.44 bits per heavy atom. The van der Waals surface area contributed by atoms with E-state index in [1.165, 1.54) is 5.56 Å². The Balaban J connectivity index is 2.28. The normalized spacial score (nSPS) is 11.3. The summed E-state index contributed by atoms with van der Waals surface area (Å²) in [5.74, 6) is 0.314. The number of hydrogen-bond donors (Lipinski definition) is 1. The van der Waals surface area contributed by atoms with Crippen LogP contribution < -0.4 is 0 Å². The third-order valence-electron chi connectivity index (χ3n) is 2.31. The maximum absolute atomic E-state index is 9.16. The Kier molecular flexibility index (Phi) is 5.29. The van der Waals surface area contributed by atoms with Crippen LogP contribution in [0.4, 0.5) is 0 Å². The minimum absolute atomic E-state index is 0.294. The van der Waals surface area contributed by atoms with E-state index in [0.29, 0.717) is 11.9 Å². The minimum Gasteiger partial charge on any atom is -0.508 e. The number of ether oxygens (including phenoxy) is 1. The summed E-state index contributed by atoms with van der Waals surface area (Å²) in [4.78, 5) is 2.20. The molecule has 1 N–H and O–H groups in total. The highest BCUT2D eigenvalue weighted by atomic mass is 16.5. The van der Waals surface area contributed by atoms with E-state index < -0.39 is 0 Å². The van der Waals surface area contributed by atoms with Crippen LogP contribution in [0.5, 0.6) is 5.75 Å². The number of aromatic hydroxyl groups is 1. The van der Waals surface area contributed by atoms with Crippen molar-refractivity contribution in [1.82, 2.24) is 4.90 Å². The van der Waals surface area contributed by atoms with E-state index in [1.807, 2.05) is 26.0 Å². The first kappa shape index (κ1) is 13.0. The summed E-state index contributed by atoms with van der Waals surface area (Å²) in [6.45, 7) is 6.63. The molecule has 0 heterocycles. The molecule has 0 fully saturated rings. The zero-order valence-corrected chi connectivity index (χ0v) is 10.3. The molecule has 0 aliphatic heterocycles. The molecule has 0 atom stereocenters. The molecule has 0 radical (unpaired) electrons. The van der Waals surface area contributed by atoms with E-state index in [1.54, 1.807) is 12.1 Å². The van der Waals surface area contributed by atoms with Gasteiger partial charge in [0.2, 0.25) is 0 Å². The molecular weight excluding hydrogens is 202 g/mol. The van der Waals surface area contributed by atoms with Gasteiger partial charge in [-0.1, -0.05) is 12.1 Å². The highest BCUT2D eigenvalue weighted by molar-refractivity contribution is 5.25. The summed E-state index contributed by atoms with van der Waals surface area (Å²) >= 11 is 0. The number of rotatable bonds is 6. The van der Waals surface area contributed by atoms with Crippen molar-refractivity contribution in [3.8, 4) is 5.75 Å². The van der Waals surface area contributed by atoms with Gasteiger partial charge in [0, 0.05) is 13.1 Å². The van der Waals surface area contributed by atoms with Crippen LogP contribution in [0.15, 0.2) is 24.3 Å². The first-order valence-electron chi connectivity index (χ1n) is 5.66. The molecule has 0 aliphatic carbocycles. The molecule has 0 spiro atoms. The first-order chi connectivity index (χ1) is 7.58. The second-order valence-electron chi connectivity index (χ2n) is 4.32. The van der Waals surface area contributed by atoms with Gasteiger partial charge in [-0.2, -0.15) is 0 Å². The number of hydrogen-bond acceptors (Lipinski definition) is 3. The zero-order valence-electron chi connectivity index (χ0n) is 10.3. The smallest absolute Gasteiger partial charge is 0.115 e. The number of nitrogens with zero attached hydrogens (tertiary/aromatic N) is 1. The predicted molar refractivity (Wildman–Crippen MR) is 65.5 cm³/mol. The fourth-order valence-corrected chi connectivity index (χ4v) is 1.44. The summed E-state index contributed by atoms with van der Waals surface area (Å²) in [5.41, 5.74) is 1.20. The molecule has 0 bridgehead atoms. The van der Waals surface area contributed by atoms with Crippen molar-refractivity contribution in [3.63, 3.8) is 0 Å². The van der Waals surface area contributed by atoms with Crippen LogP contribution in [0.3, 0.4) is 0 Å². The van der Waals surface area contributed by atoms with Crippen LogP contribution in [-0.4, -0.2) is 36.3 Å². The molecule has 0 saturated heterocycles. The Morgan fingerprint density at radius 1 is 1.25 bits per heavy atom. The lowest BCUT2D eigenvalue weighted by Gasteiger charge is -2.17. The van der Waals surface area contributed by atoms with Crippen LogP contribution in [0.25, 0.3) is 0 Å². The molecule has 1 rings (SSSR count). The first-order valence-corrected chi connectivity index (χ1v) is 5.66. The van der Waals surface area contributed by atoms with Crippen LogP contribution in [0.2, 0.25) is 0 Å². The molecule has 90 valence electrons. The summed E-state index contributed by atoms with van der Waals surface area (Å²) < 4.78 is 5.49. The average molecular weight is 223 g/mol. The number of benzene rings is 1. The van der Waals surface area contributed by atoms with Crippen molar-refractivity contribution in [2.75, 3.05) is 20.2 Å². The van der Waals surface area contributed by atoms with Crippen LogP contribution in [0.1, 0.15) is 19.4 Å². The highest BCUT2D eigenvalue weighted by Crippen LogP contribution is 2.10. The lowest BCUT2D eigenvalue weighted by atomic mass is 10.2. The fraction of sp³-hybridized carbons (Fsp3) is 0.538. The van der Waals surface area contributed by atoms with Gasteiger partial charge in [0.05, 0.1) is 12.7 Å². The molecule has 1 aromatic carbocycles. The largest absolute Gasteiger partial charge is 0.508 e. The summed E-state index contributed by atoms with van der Waals surface area (Å²) in [7, 11) is 2.07. The van der Waals surface area contributed by atoms with Crippen LogP contribution in [0, 0.1) is 0 Å². The molecule has 3 nitrogen and oxygen atoms in total. The van der Waals surface area contributed by atoms with E-state index in [2.05, 4.69) is 11.9 Å². The SMILES string of the molecule is CC(C)OCCN(C)Cc1ccc(O)cc1. The Labute approximate surface area is 97.7 Å². The Hall–Kier alpha value is -1.06. The maximum atomic E-state index is 9.16. The molecule has 0 aliphatic rings. The Morgan fingerprint density at radius 2 is 1.88 bits per heavy atom. The van der Waals surface area contributed by atoms with Crippen LogP contribution >= 0.6 is 0 Å². The molecule has 0 unspecified atom stereocenters. The molecule has 0 aromatic heterocycles. The third-order valence-corrected chi connectivity index (χ3v) is 2.31. The minimum atomic E-state index is 0.294. The third kappa shape index (κ3) is 5.14. The highest BCUT2D eigenvalue weighted by Gasteiger charge is 2.01. The maximum Gasteiger partial charge on any atom is 0.115 e. The molecule has 16 heavy (non-hydrogen) atoms. The van der Waals surface area contributed by atoms with Gasteiger partial charge >= 0.3 is 0 Å². The number of phenolic OH excluding ortho intramolecular Hbond substituents is 1. The van der Waals surface area contributed by atoms with Gasteiger partial charge < -0.3 is 9.84 Å². The standard InChI is InChI=1S/C13H21NO2/c1-11(2)16-9-8-14(3)10-12-4-6-13(15)7-5-12/h4-7,11,15H,8-10H2,1-3H3. The Bertz CT molecular complexity index is 295. The van der Waals surface area contributed by atoms with Gasteiger partial charge in [0.1, 0.15) is 5.75 Å². The van der Waals surface area contributed by atoms with Crippen molar-refractivity contribution in [1.29, 1.82) is 0 Å². The second kappa shape index (κ2) is 6.51. The van der Waals surface area contributed by atoms with Gasteiger partial charge in [0.15, 0.2) is 0 Å². The van der Waals surface area contributed by atoms with Gasteiger partial charge in [-0.25, -0.2) is 0 Å². The van der Waals surface area contributed by atoms with Crippen molar-refractivity contribution in [2.45, 2.75) is 26.5 Å². The van der Waals surface area contributed by atoms with Crippen molar-refractivity contribution in [2.24, 2.45) is 0 Å². The van der Waals surface area contributed by atoms with Gasteiger partial charge in [0.25, 0.3) is 0 Å². The van der Waals surface area contributed by atoms with Crippen molar-refractivity contribution < 1.29 is 9.84 Å². The quantitative estimate of drug-likeness (QED) is 0.803. The zero-order chi connectivity index (χ0) is 12.0. The number of phenols is 1. The topological polar surface area (TPSA) is 32.7 Å². The predicted octanol–water partition coefficient (Wildman–Crippen LogP) is 2.25. The molecule has 0 amide bonds. The van der Waals surface area contributed by atoms with E-state index in [9.17, 15) is 0 Å². The van der Waals surface area contributed by atoms with Gasteiger partial charge in [-0.05, 0) is 38.6 Å². The van der Waals surface area contributed by atoms with E-state index >= 15 is 0 Å². The second-order valence-corrected chi connectivity index (χ2v) is 4.32.